The average molecular weight is 333 g/mol. The first kappa shape index (κ1) is 17.5. The van der Waals surface area contributed by atoms with Crippen molar-refractivity contribution in [1.29, 1.82) is 0 Å². The summed E-state index contributed by atoms with van der Waals surface area (Å²) in [5, 5.41) is 0.610. The molecule has 2 aromatic carbocycles. The van der Waals surface area contributed by atoms with Crippen molar-refractivity contribution >= 4 is 23.6 Å². The second kappa shape index (κ2) is 7.60. The summed E-state index contributed by atoms with van der Waals surface area (Å²) >= 11 is 6.34. The van der Waals surface area contributed by atoms with E-state index < -0.39 is 0 Å². The van der Waals surface area contributed by atoms with Gasteiger partial charge in [-0.15, -0.1) is 0 Å². The predicted molar refractivity (Wildman–Crippen MR) is 96.6 cm³/mol. The van der Waals surface area contributed by atoms with E-state index in [1.54, 1.807) is 25.4 Å². The fourth-order valence-corrected chi connectivity index (χ4v) is 2.44. The Morgan fingerprint density at radius 3 is 2.57 bits per heavy atom. The third-order valence-electron chi connectivity index (χ3n) is 3.93. The van der Waals surface area contributed by atoms with Gasteiger partial charge in [0.15, 0.2) is 0 Å². The van der Waals surface area contributed by atoms with E-state index in [4.69, 9.17) is 11.6 Å². The molecule has 0 spiro atoms. The fourth-order valence-electron chi connectivity index (χ4n) is 2.21. The molecule has 4 heteroatoms. The lowest BCUT2D eigenvalue weighted by Crippen LogP contribution is -2.14. The van der Waals surface area contributed by atoms with Gasteiger partial charge in [0.1, 0.15) is 5.82 Å². The van der Waals surface area contributed by atoms with Crippen molar-refractivity contribution in [2.24, 2.45) is 4.99 Å². The predicted octanol–water partition coefficient (Wildman–Crippen LogP) is 5.30. The second-order valence-electron chi connectivity index (χ2n) is 5.81. The van der Waals surface area contributed by atoms with E-state index in [2.05, 4.69) is 11.9 Å². The summed E-state index contributed by atoms with van der Waals surface area (Å²) in [7, 11) is 1.96. The highest BCUT2D eigenvalue weighted by molar-refractivity contribution is 6.33. The summed E-state index contributed by atoms with van der Waals surface area (Å²) in [6, 6.07) is 9.25. The van der Waals surface area contributed by atoms with Crippen LogP contribution in [-0.2, 0) is 6.42 Å². The lowest BCUT2D eigenvalue weighted by molar-refractivity contribution is 0.552. The van der Waals surface area contributed by atoms with Crippen LogP contribution in [0.5, 0.6) is 0 Å². The number of hydrogen-bond acceptors (Lipinski definition) is 1. The average Bonchev–Trinajstić information content (AvgIpc) is 2.52. The maximum atomic E-state index is 13.7. The Balaban J connectivity index is 2.25. The first-order valence-electron chi connectivity index (χ1n) is 7.69. The molecule has 0 aromatic heterocycles. The van der Waals surface area contributed by atoms with Gasteiger partial charge < -0.3 is 4.90 Å². The van der Waals surface area contributed by atoms with Crippen LogP contribution in [0.3, 0.4) is 0 Å². The summed E-state index contributed by atoms with van der Waals surface area (Å²) in [5.74, 6) is -0.171. The number of benzene rings is 2. The van der Waals surface area contributed by atoms with E-state index in [1.165, 1.54) is 0 Å². The van der Waals surface area contributed by atoms with Crippen molar-refractivity contribution in [2.75, 3.05) is 13.6 Å². The largest absolute Gasteiger partial charge is 0.366 e. The van der Waals surface area contributed by atoms with Gasteiger partial charge in [0, 0.05) is 13.6 Å². The Hall–Kier alpha value is -1.87. The standard InChI is InChI=1S/C19H22ClFN2/c1-5-23(4)12-22-19-8-14(3)16(11-17(19)20)9-15-7-6-13(2)18(21)10-15/h6-8,10-12H,5,9H2,1-4H3. The zero-order chi connectivity index (χ0) is 17.0. The molecule has 0 unspecified atom stereocenters. The zero-order valence-electron chi connectivity index (χ0n) is 14.0. The molecule has 2 rings (SSSR count). The Labute approximate surface area is 142 Å². The van der Waals surface area contributed by atoms with Crippen molar-refractivity contribution in [1.82, 2.24) is 4.90 Å². The van der Waals surface area contributed by atoms with E-state index in [0.29, 0.717) is 17.0 Å². The van der Waals surface area contributed by atoms with Crippen molar-refractivity contribution < 1.29 is 4.39 Å². The molecule has 2 aromatic rings. The highest BCUT2D eigenvalue weighted by Crippen LogP contribution is 2.29. The van der Waals surface area contributed by atoms with Gasteiger partial charge >= 0.3 is 0 Å². The lowest BCUT2D eigenvalue weighted by atomic mass is 9.99. The fraction of sp³-hybridized carbons (Fsp3) is 0.316. The van der Waals surface area contributed by atoms with E-state index in [-0.39, 0.29) is 5.82 Å². The van der Waals surface area contributed by atoms with E-state index in [0.717, 1.165) is 28.9 Å². The maximum absolute atomic E-state index is 13.7. The van der Waals surface area contributed by atoms with Crippen LogP contribution in [0.2, 0.25) is 5.02 Å². The quantitative estimate of drug-likeness (QED) is 0.536. The molecule has 0 atom stereocenters. The van der Waals surface area contributed by atoms with E-state index in [9.17, 15) is 4.39 Å². The van der Waals surface area contributed by atoms with Crippen molar-refractivity contribution in [3.63, 3.8) is 0 Å². The second-order valence-corrected chi connectivity index (χ2v) is 6.22. The Kier molecular flexibility index (Phi) is 5.78. The molecule has 0 fully saturated rings. The van der Waals surface area contributed by atoms with Gasteiger partial charge in [0.05, 0.1) is 17.0 Å². The Bertz CT molecular complexity index is 726. The molecule has 0 heterocycles. The minimum Gasteiger partial charge on any atom is -0.366 e. The van der Waals surface area contributed by atoms with Gasteiger partial charge in [0.25, 0.3) is 0 Å². The van der Waals surface area contributed by atoms with Crippen LogP contribution >= 0.6 is 11.6 Å². The molecule has 0 N–H and O–H groups in total. The van der Waals surface area contributed by atoms with E-state index >= 15 is 0 Å². The van der Waals surface area contributed by atoms with Gasteiger partial charge in [-0.2, -0.15) is 0 Å². The summed E-state index contributed by atoms with van der Waals surface area (Å²) in [6.45, 7) is 6.74. The molecule has 0 bridgehead atoms. The molecule has 0 aliphatic heterocycles. The molecular weight excluding hydrogens is 311 g/mol. The van der Waals surface area contributed by atoms with Crippen molar-refractivity contribution in [3.05, 3.63) is 63.4 Å². The third kappa shape index (κ3) is 4.55. The normalized spacial score (nSPS) is 11.2. The van der Waals surface area contributed by atoms with Crippen LogP contribution in [0.15, 0.2) is 35.3 Å². The van der Waals surface area contributed by atoms with Crippen LogP contribution in [0.25, 0.3) is 0 Å². The van der Waals surface area contributed by atoms with Crippen molar-refractivity contribution in [2.45, 2.75) is 27.2 Å². The molecule has 23 heavy (non-hydrogen) atoms. The molecule has 0 aliphatic rings. The minimum absolute atomic E-state index is 0.171. The SMILES string of the molecule is CCN(C)C=Nc1cc(C)c(Cc2ccc(C)c(F)c2)cc1Cl. The van der Waals surface area contributed by atoms with Gasteiger partial charge in [-0.25, -0.2) is 9.38 Å². The van der Waals surface area contributed by atoms with Gasteiger partial charge in [-0.1, -0.05) is 23.7 Å². The van der Waals surface area contributed by atoms with Crippen LogP contribution in [0.1, 0.15) is 29.2 Å². The molecule has 2 nitrogen and oxygen atoms in total. The van der Waals surface area contributed by atoms with Gasteiger partial charge in [0.2, 0.25) is 0 Å². The summed E-state index contributed by atoms with van der Waals surface area (Å²) in [6.07, 6.45) is 2.43. The smallest absolute Gasteiger partial charge is 0.126 e. The number of rotatable bonds is 5. The monoisotopic (exact) mass is 332 g/mol. The molecular formula is C19H22ClFN2. The van der Waals surface area contributed by atoms with Crippen LogP contribution in [0.4, 0.5) is 10.1 Å². The molecule has 0 saturated heterocycles. The Morgan fingerprint density at radius 2 is 1.91 bits per heavy atom. The van der Waals surface area contributed by atoms with Crippen LogP contribution in [-0.4, -0.2) is 24.8 Å². The minimum atomic E-state index is -0.171. The first-order valence-corrected chi connectivity index (χ1v) is 8.07. The molecule has 0 saturated carbocycles. The Morgan fingerprint density at radius 1 is 1.17 bits per heavy atom. The molecule has 0 amide bonds. The van der Waals surface area contributed by atoms with Crippen LogP contribution in [0, 0.1) is 19.7 Å². The highest BCUT2D eigenvalue weighted by atomic mass is 35.5. The lowest BCUT2D eigenvalue weighted by Gasteiger charge is -2.11. The zero-order valence-corrected chi connectivity index (χ0v) is 14.8. The summed E-state index contributed by atoms with van der Waals surface area (Å²) in [4.78, 5) is 6.40. The van der Waals surface area contributed by atoms with Gasteiger partial charge in [-0.3, -0.25) is 0 Å². The number of halogens is 2. The topological polar surface area (TPSA) is 15.6 Å². The first-order chi connectivity index (χ1) is 10.9. The third-order valence-corrected chi connectivity index (χ3v) is 4.23. The number of aryl methyl sites for hydroxylation is 2. The number of hydrogen-bond donors (Lipinski definition) is 0. The molecule has 0 aliphatic carbocycles. The number of nitrogens with zero attached hydrogens (tertiary/aromatic N) is 2. The highest BCUT2D eigenvalue weighted by Gasteiger charge is 2.08. The maximum Gasteiger partial charge on any atom is 0.126 e. The van der Waals surface area contributed by atoms with Crippen LogP contribution < -0.4 is 0 Å². The molecule has 122 valence electrons. The summed E-state index contributed by atoms with van der Waals surface area (Å²) < 4.78 is 13.7. The molecule has 0 radical (unpaired) electrons. The number of aliphatic imine (C=N–C) groups is 1. The summed E-state index contributed by atoms with van der Waals surface area (Å²) in [5.41, 5.74) is 4.54. The van der Waals surface area contributed by atoms with Gasteiger partial charge in [-0.05, 0) is 67.6 Å². The van der Waals surface area contributed by atoms with E-state index in [1.807, 2.05) is 37.1 Å². The van der Waals surface area contributed by atoms with Crippen molar-refractivity contribution in [3.8, 4) is 0 Å².